The van der Waals surface area contributed by atoms with Gasteiger partial charge in [0, 0.05) is 6.20 Å². The molecule has 16 heavy (non-hydrogen) atoms. The molecule has 5 nitrogen and oxygen atoms in total. The minimum atomic E-state index is -3.61. The largest absolute Gasteiger partial charge is 0.268 e. The molecule has 0 bridgehead atoms. The smallest absolute Gasteiger partial charge is 0.241 e. The van der Waals surface area contributed by atoms with Gasteiger partial charge in [-0.05, 0) is 31.6 Å². The normalized spacial score (nSPS) is 26.9. The number of rotatable bonds is 2. The van der Waals surface area contributed by atoms with Crippen LogP contribution < -0.4 is 5.14 Å². The maximum Gasteiger partial charge on any atom is 0.241 e. The lowest BCUT2D eigenvalue weighted by atomic mass is 9.87. The molecule has 0 amide bonds. The Hall–Kier alpha value is -0.880. The van der Waals surface area contributed by atoms with E-state index in [0.717, 1.165) is 18.8 Å². The summed E-state index contributed by atoms with van der Waals surface area (Å²) in [6.45, 7) is 2.25. The first-order valence-corrected chi connectivity index (χ1v) is 7.08. The van der Waals surface area contributed by atoms with E-state index in [1.54, 1.807) is 4.68 Å². The van der Waals surface area contributed by atoms with Gasteiger partial charge in [-0.2, -0.15) is 5.10 Å². The molecular formula is C10H17N3O2S. The summed E-state index contributed by atoms with van der Waals surface area (Å²) in [5, 5.41) is 9.13. The molecule has 1 saturated carbocycles. The van der Waals surface area contributed by atoms with Crippen molar-refractivity contribution in [2.45, 2.75) is 43.5 Å². The first kappa shape index (κ1) is 11.6. The molecule has 1 aromatic rings. The molecular weight excluding hydrogens is 226 g/mol. The molecule has 1 aliphatic rings. The molecule has 0 aromatic carbocycles. The van der Waals surface area contributed by atoms with Crippen LogP contribution in [-0.4, -0.2) is 18.2 Å². The molecule has 0 spiro atoms. The van der Waals surface area contributed by atoms with Gasteiger partial charge in [-0.25, -0.2) is 13.6 Å². The summed E-state index contributed by atoms with van der Waals surface area (Å²) in [6, 6.07) is 0.326. The predicted octanol–water partition coefficient (Wildman–Crippen LogP) is 1.28. The Kier molecular flexibility index (Phi) is 3.03. The van der Waals surface area contributed by atoms with Crippen molar-refractivity contribution in [3.63, 3.8) is 0 Å². The Morgan fingerprint density at radius 3 is 2.50 bits per heavy atom. The Morgan fingerprint density at radius 2 is 2.00 bits per heavy atom. The van der Waals surface area contributed by atoms with E-state index >= 15 is 0 Å². The van der Waals surface area contributed by atoms with Gasteiger partial charge in [0.05, 0.1) is 12.2 Å². The molecule has 90 valence electrons. The quantitative estimate of drug-likeness (QED) is 0.850. The van der Waals surface area contributed by atoms with Crippen LogP contribution in [0.1, 0.15) is 38.6 Å². The zero-order valence-electron chi connectivity index (χ0n) is 9.33. The van der Waals surface area contributed by atoms with Crippen molar-refractivity contribution in [3.8, 4) is 0 Å². The first-order valence-electron chi connectivity index (χ1n) is 5.54. The Bertz CT molecular complexity index is 458. The monoisotopic (exact) mass is 243 g/mol. The van der Waals surface area contributed by atoms with Gasteiger partial charge >= 0.3 is 0 Å². The van der Waals surface area contributed by atoms with Gasteiger partial charge in [-0.15, -0.1) is 0 Å². The SMILES string of the molecule is CC1CCC(n2cc(S(N)(=O)=O)cn2)CC1. The Morgan fingerprint density at radius 1 is 1.38 bits per heavy atom. The fourth-order valence-electron chi connectivity index (χ4n) is 2.17. The van der Waals surface area contributed by atoms with Crippen LogP contribution in [0.5, 0.6) is 0 Å². The molecule has 0 atom stereocenters. The van der Waals surface area contributed by atoms with E-state index in [-0.39, 0.29) is 4.90 Å². The molecule has 2 rings (SSSR count). The van der Waals surface area contributed by atoms with Gasteiger partial charge in [0.2, 0.25) is 10.0 Å². The van der Waals surface area contributed by atoms with E-state index in [0.29, 0.717) is 6.04 Å². The van der Waals surface area contributed by atoms with E-state index in [4.69, 9.17) is 5.14 Å². The molecule has 0 saturated heterocycles. The first-order chi connectivity index (χ1) is 7.47. The van der Waals surface area contributed by atoms with Crippen LogP contribution in [0.25, 0.3) is 0 Å². The number of nitrogens with zero attached hydrogens (tertiary/aromatic N) is 2. The van der Waals surface area contributed by atoms with Gasteiger partial charge < -0.3 is 0 Å². The molecule has 0 radical (unpaired) electrons. The second kappa shape index (κ2) is 4.18. The number of hydrogen-bond donors (Lipinski definition) is 1. The van der Waals surface area contributed by atoms with Crippen molar-refractivity contribution in [1.29, 1.82) is 0 Å². The third-order valence-corrected chi connectivity index (χ3v) is 4.13. The van der Waals surface area contributed by atoms with Crippen LogP contribution in [-0.2, 0) is 10.0 Å². The van der Waals surface area contributed by atoms with Crippen LogP contribution in [0.2, 0.25) is 0 Å². The van der Waals surface area contributed by atoms with Crippen molar-refractivity contribution in [3.05, 3.63) is 12.4 Å². The molecule has 1 heterocycles. The van der Waals surface area contributed by atoms with E-state index in [1.807, 2.05) is 0 Å². The summed E-state index contributed by atoms with van der Waals surface area (Å²) in [6.07, 6.45) is 7.34. The van der Waals surface area contributed by atoms with Gasteiger partial charge in [-0.1, -0.05) is 6.92 Å². The summed E-state index contributed by atoms with van der Waals surface area (Å²) in [4.78, 5) is 0.103. The average molecular weight is 243 g/mol. The highest BCUT2D eigenvalue weighted by atomic mass is 32.2. The van der Waals surface area contributed by atoms with Crippen molar-refractivity contribution in [1.82, 2.24) is 9.78 Å². The van der Waals surface area contributed by atoms with Gasteiger partial charge in [-0.3, -0.25) is 4.68 Å². The molecule has 1 aliphatic carbocycles. The number of hydrogen-bond acceptors (Lipinski definition) is 3. The third kappa shape index (κ3) is 2.44. The van der Waals surface area contributed by atoms with Gasteiger partial charge in [0.15, 0.2) is 0 Å². The topological polar surface area (TPSA) is 78.0 Å². The molecule has 6 heteroatoms. The Labute approximate surface area is 95.7 Å². The number of aromatic nitrogens is 2. The lowest BCUT2D eigenvalue weighted by molar-refractivity contribution is 0.273. The number of nitrogens with two attached hydrogens (primary N) is 1. The van der Waals surface area contributed by atoms with Crippen molar-refractivity contribution in [2.24, 2.45) is 11.1 Å². The van der Waals surface area contributed by atoms with Crippen molar-refractivity contribution < 1.29 is 8.42 Å². The standard InChI is InChI=1S/C10H17N3O2S/c1-8-2-4-9(5-3-8)13-7-10(6-12-13)16(11,14)15/h6-9H,2-5H2,1H3,(H2,11,14,15). The molecule has 0 unspecified atom stereocenters. The number of primary sulfonamides is 1. The zero-order valence-corrected chi connectivity index (χ0v) is 10.2. The minimum Gasteiger partial charge on any atom is -0.268 e. The molecule has 1 aromatic heterocycles. The van der Waals surface area contributed by atoms with Crippen molar-refractivity contribution in [2.75, 3.05) is 0 Å². The molecule has 0 aliphatic heterocycles. The maximum absolute atomic E-state index is 11.1. The zero-order chi connectivity index (χ0) is 11.8. The predicted molar refractivity (Wildman–Crippen MR) is 60.3 cm³/mol. The Balaban J connectivity index is 2.14. The second-order valence-electron chi connectivity index (χ2n) is 4.61. The minimum absolute atomic E-state index is 0.103. The maximum atomic E-state index is 11.1. The lowest BCUT2D eigenvalue weighted by Crippen LogP contribution is -2.17. The lowest BCUT2D eigenvalue weighted by Gasteiger charge is -2.26. The van der Waals surface area contributed by atoms with Gasteiger partial charge in [0.1, 0.15) is 4.90 Å². The summed E-state index contributed by atoms with van der Waals surface area (Å²) in [7, 11) is -3.61. The summed E-state index contributed by atoms with van der Waals surface area (Å²) in [5.41, 5.74) is 0. The summed E-state index contributed by atoms with van der Waals surface area (Å²) >= 11 is 0. The second-order valence-corrected chi connectivity index (χ2v) is 6.18. The highest BCUT2D eigenvalue weighted by Gasteiger charge is 2.21. The molecule has 1 fully saturated rings. The van der Waals surface area contributed by atoms with E-state index in [2.05, 4.69) is 12.0 Å². The summed E-state index contributed by atoms with van der Waals surface area (Å²) in [5.74, 6) is 0.768. The van der Waals surface area contributed by atoms with Crippen LogP contribution in [0.15, 0.2) is 17.3 Å². The van der Waals surface area contributed by atoms with E-state index in [1.165, 1.54) is 25.2 Å². The van der Waals surface area contributed by atoms with Crippen LogP contribution in [0.3, 0.4) is 0 Å². The van der Waals surface area contributed by atoms with Crippen LogP contribution in [0, 0.1) is 5.92 Å². The van der Waals surface area contributed by atoms with Crippen LogP contribution in [0.4, 0.5) is 0 Å². The third-order valence-electron chi connectivity index (χ3n) is 3.27. The van der Waals surface area contributed by atoms with Gasteiger partial charge in [0.25, 0.3) is 0 Å². The average Bonchev–Trinajstić information content (AvgIpc) is 2.67. The highest BCUT2D eigenvalue weighted by molar-refractivity contribution is 7.89. The number of sulfonamides is 1. The van der Waals surface area contributed by atoms with Crippen molar-refractivity contribution >= 4 is 10.0 Å². The van der Waals surface area contributed by atoms with E-state index in [9.17, 15) is 8.42 Å². The fourth-order valence-corrected chi connectivity index (χ4v) is 2.62. The summed E-state index contributed by atoms with van der Waals surface area (Å²) < 4.78 is 24.0. The molecule has 2 N–H and O–H groups in total. The van der Waals surface area contributed by atoms with E-state index < -0.39 is 10.0 Å². The highest BCUT2D eigenvalue weighted by Crippen LogP contribution is 2.31. The fraction of sp³-hybridized carbons (Fsp3) is 0.700. The van der Waals surface area contributed by atoms with Crippen LogP contribution >= 0.6 is 0 Å².